The van der Waals surface area contributed by atoms with Gasteiger partial charge in [-0.05, 0) is 55.2 Å². The van der Waals surface area contributed by atoms with Crippen molar-refractivity contribution in [2.45, 2.75) is 78.2 Å². The van der Waals surface area contributed by atoms with E-state index in [0.29, 0.717) is 49.1 Å². The molecule has 7 heteroatoms. The van der Waals surface area contributed by atoms with Crippen LogP contribution in [0.3, 0.4) is 0 Å². The van der Waals surface area contributed by atoms with Gasteiger partial charge in [-0.1, -0.05) is 40.5 Å². The third kappa shape index (κ3) is 6.54. The maximum Gasteiger partial charge on any atom is 0.260 e. The summed E-state index contributed by atoms with van der Waals surface area (Å²) >= 11 is 0. The van der Waals surface area contributed by atoms with Crippen molar-refractivity contribution in [3.05, 3.63) is 17.7 Å². The third-order valence-electron chi connectivity index (χ3n) is 6.63. The third-order valence-corrected chi connectivity index (χ3v) is 6.63. The molecule has 1 fully saturated rings. The molecular formula is C26H42N2O5. The van der Waals surface area contributed by atoms with E-state index in [0.717, 1.165) is 38.0 Å². The highest BCUT2D eigenvalue weighted by Crippen LogP contribution is 2.45. The first kappa shape index (κ1) is 25.6. The van der Waals surface area contributed by atoms with Crippen LogP contribution in [0.2, 0.25) is 0 Å². The summed E-state index contributed by atoms with van der Waals surface area (Å²) in [4.78, 5) is 21.3. The van der Waals surface area contributed by atoms with Crippen LogP contribution in [-0.4, -0.2) is 62.1 Å². The maximum atomic E-state index is 13.2. The van der Waals surface area contributed by atoms with Gasteiger partial charge in [-0.3, -0.25) is 14.5 Å². The molecule has 2 heterocycles. The molecule has 1 aromatic carbocycles. The predicted molar refractivity (Wildman–Crippen MR) is 129 cm³/mol. The van der Waals surface area contributed by atoms with Crippen molar-refractivity contribution < 1.29 is 23.8 Å². The molecule has 0 aromatic heterocycles. The van der Waals surface area contributed by atoms with E-state index in [9.17, 15) is 4.79 Å². The summed E-state index contributed by atoms with van der Waals surface area (Å²) in [5, 5.41) is 1.58. The molecule has 2 aliphatic rings. The van der Waals surface area contributed by atoms with Crippen LogP contribution in [0.15, 0.2) is 12.1 Å². The first-order valence-corrected chi connectivity index (χ1v) is 12.6. The summed E-state index contributed by atoms with van der Waals surface area (Å²) in [7, 11) is 1.66. The topological polar surface area (TPSA) is 60.5 Å². The predicted octanol–water partition coefficient (Wildman–Crippen LogP) is 4.99. The van der Waals surface area contributed by atoms with Crippen molar-refractivity contribution in [1.29, 1.82) is 0 Å². The summed E-state index contributed by atoms with van der Waals surface area (Å²) in [6, 6.07) is 4.52. The van der Waals surface area contributed by atoms with Gasteiger partial charge in [-0.15, -0.1) is 0 Å². The fraction of sp³-hybridized carbons (Fsp3) is 0.731. The molecule has 7 nitrogen and oxygen atoms in total. The number of methoxy groups -OCH3 is 1. The van der Waals surface area contributed by atoms with Gasteiger partial charge in [0.15, 0.2) is 11.5 Å². The number of hydrogen-bond acceptors (Lipinski definition) is 6. The molecule has 0 spiro atoms. The fourth-order valence-electron chi connectivity index (χ4n) is 5.04. The van der Waals surface area contributed by atoms with Gasteiger partial charge in [-0.25, -0.2) is 5.06 Å². The number of amides is 1. The first-order chi connectivity index (χ1) is 16.0. The van der Waals surface area contributed by atoms with Crippen LogP contribution >= 0.6 is 0 Å². The van der Waals surface area contributed by atoms with Gasteiger partial charge < -0.3 is 14.2 Å². The Balaban J connectivity index is 1.77. The average Bonchev–Trinajstić information content (AvgIpc) is 3.43. The Labute approximate surface area is 199 Å². The molecule has 2 aliphatic heterocycles. The number of carbonyl (C=O) groups is 1. The minimum Gasteiger partial charge on any atom is -0.493 e. The molecule has 33 heavy (non-hydrogen) atoms. The molecule has 0 radical (unpaired) electrons. The van der Waals surface area contributed by atoms with Crippen molar-refractivity contribution in [3.63, 3.8) is 0 Å². The van der Waals surface area contributed by atoms with Gasteiger partial charge in [-0.2, -0.15) is 0 Å². The van der Waals surface area contributed by atoms with Crippen LogP contribution in [0.4, 0.5) is 0 Å². The Morgan fingerprint density at radius 3 is 2.73 bits per heavy atom. The Kier molecular flexibility index (Phi) is 9.68. The Hall–Kier alpha value is -1.99. The SMILES string of the molecule is CCCON(CCC)C(=O)CN1CC(c2cc(OC)c3c(c2)OCO3)CC1CC(C)CCC. The molecule has 1 saturated heterocycles. The second kappa shape index (κ2) is 12.5. The van der Waals surface area contributed by atoms with Gasteiger partial charge >= 0.3 is 0 Å². The van der Waals surface area contributed by atoms with Crippen molar-refractivity contribution >= 4 is 5.91 Å². The number of hydroxylamine groups is 2. The van der Waals surface area contributed by atoms with Crippen molar-refractivity contribution in [3.8, 4) is 17.2 Å². The van der Waals surface area contributed by atoms with Crippen LogP contribution in [-0.2, 0) is 9.63 Å². The number of ether oxygens (including phenoxy) is 3. The highest BCUT2D eigenvalue weighted by atomic mass is 16.7. The van der Waals surface area contributed by atoms with Crippen LogP contribution in [0.5, 0.6) is 17.2 Å². The van der Waals surface area contributed by atoms with Crippen LogP contribution in [0, 0.1) is 5.92 Å². The summed E-state index contributed by atoms with van der Waals surface area (Å²) in [6.45, 7) is 11.4. The van der Waals surface area contributed by atoms with Crippen molar-refractivity contribution in [2.75, 3.05) is 40.1 Å². The molecule has 3 rings (SSSR count). The Bertz CT molecular complexity index is 771. The Morgan fingerprint density at radius 1 is 1.21 bits per heavy atom. The quantitative estimate of drug-likeness (QED) is 0.385. The fourth-order valence-corrected chi connectivity index (χ4v) is 5.04. The summed E-state index contributed by atoms with van der Waals surface area (Å²) in [6.07, 6.45) is 6.29. The van der Waals surface area contributed by atoms with Crippen molar-refractivity contribution in [2.24, 2.45) is 5.92 Å². The number of benzene rings is 1. The molecule has 1 aromatic rings. The lowest BCUT2D eigenvalue weighted by atomic mass is 9.91. The maximum absolute atomic E-state index is 13.2. The lowest BCUT2D eigenvalue weighted by molar-refractivity contribution is -0.188. The van der Waals surface area contributed by atoms with E-state index in [-0.39, 0.29) is 12.7 Å². The van der Waals surface area contributed by atoms with Gasteiger partial charge in [0.1, 0.15) is 0 Å². The molecule has 1 amide bonds. The van der Waals surface area contributed by atoms with E-state index in [4.69, 9.17) is 19.0 Å². The van der Waals surface area contributed by atoms with E-state index in [1.165, 1.54) is 18.4 Å². The molecule has 3 unspecified atom stereocenters. The molecule has 0 bridgehead atoms. The Morgan fingerprint density at radius 2 is 2.03 bits per heavy atom. The summed E-state index contributed by atoms with van der Waals surface area (Å²) in [5.41, 5.74) is 1.19. The van der Waals surface area contributed by atoms with E-state index in [1.54, 1.807) is 12.2 Å². The summed E-state index contributed by atoms with van der Waals surface area (Å²) < 4.78 is 16.8. The molecule has 0 N–H and O–H groups in total. The van der Waals surface area contributed by atoms with E-state index >= 15 is 0 Å². The number of carbonyl (C=O) groups excluding carboxylic acids is 1. The van der Waals surface area contributed by atoms with Gasteiger partial charge in [0.2, 0.25) is 12.5 Å². The number of rotatable bonds is 13. The normalized spacial score (nSPS) is 20.8. The van der Waals surface area contributed by atoms with Crippen molar-refractivity contribution in [1.82, 2.24) is 9.96 Å². The van der Waals surface area contributed by atoms with E-state index < -0.39 is 0 Å². The lowest BCUT2D eigenvalue weighted by Crippen LogP contribution is -2.43. The van der Waals surface area contributed by atoms with Crippen LogP contribution < -0.4 is 14.2 Å². The van der Waals surface area contributed by atoms with Gasteiger partial charge in [0, 0.05) is 19.1 Å². The van der Waals surface area contributed by atoms with E-state index in [1.807, 2.05) is 0 Å². The van der Waals surface area contributed by atoms with Crippen LogP contribution in [0.1, 0.15) is 77.7 Å². The second-order valence-electron chi connectivity index (χ2n) is 9.43. The van der Waals surface area contributed by atoms with Crippen LogP contribution in [0.25, 0.3) is 0 Å². The zero-order valence-electron chi connectivity index (χ0n) is 21.1. The number of fused-ring (bicyclic) bond motifs is 1. The lowest BCUT2D eigenvalue weighted by Gasteiger charge is -2.29. The largest absolute Gasteiger partial charge is 0.493 e. The number of likely N-dealkylation sites (tertiary alicyclic amines) is 1. The minimum absolute atomic E-state index is 0.0577. The molecule has 0 saturated carbocycles. The number of hydrogen-bond donors (Lipinski definition) is 0. The number of nitrogens with zero attached hydrogens (tertiary/aromatic N) is 2. The van der Waals surface area contributed by atoms with E-state index in [2.05, 4.69) is 44.7 Å². The minimum atomic E-state index is 0.0577. The van der Waals surface area contributed by atoms with Gasteiger partial charge in [0.05, 0.1) is 20.3 Å². The first-order valence-electron chi connectivity index (χ1n) is 12.6. The molecule has 3 atom stereocenters. The second-order valence-corrected chi connectivity index (χ2v) is 9.43. The highest BCUT2D eigenvalue weighted by Gasteiger charge is 2.36. The molecular weight excluding hydrogens is 420 g/mol. The zero-order chi connectivity index (χ0) is 23.8. The average molecular weight is 463 g/mol. The molecule has 186 valence electrons. The summed E-state index contributed by atoms with van der Waals surface area (Å²) in [5.74, 6) is 3.15. The zero-order valence-corrected chi connectivity index (χ0v) is 21.1. The molecule has 0 aliphatic carbocycles. The smallest absolute Gasteiger partial charge is 0.260 e. The standard InChI is InChI=1S/C26H42N2O5/c1-6-9-19(4)12-22-13-21(20-14-23(30-5)26-24(15-20)31-18-32-26)16-27(22)17-25(29)28(10-7-2)33-11-8-3/h14-15,19,21-22H,6-13,16-18H2,1-5H3. The highest BCUT2D eigenvalue weighted by molar-refractivity contribution is 5.77. The van der Waals surface area contributed by atoms with Gasteiger partial charge in [0.25, 0.3) is 5.91 Å². The monoisotopic (exact) mass is 462 g/mol.